The van der Waals surface area contributed by atoms with E-state index in [1.165, 1.54) is 17.0 Å². The van der Waals surface area contributed by atoms with Gasteiger partial charge in [-0.3, -0.25) is 9.59 Å². The molecule has 0 radical (unpaired) electrons. The Morgan fingerprint density at radius 3 is 2.56 bits per heavy atom. The number of alkyl halides is 3. The van der Waals surface area contributed by atoms with Crippen molar-refractivity contribution in [2.75, 3.05) is 18.1 Å². The van der Waals surface area contributed by atoms with E-state index in [1.54, 1.807) is 37.3 Å². The second-order valence-electron chi connectivity index (χ2n) is 7.67. The van der Waals surface area contributed by atoms with Gasteiger partial charge in [-0.05, 0) is 42.1 Å². The number of carbonyl (C=O) groups excluding carboxylic acids is 1. The molecule has 1 aliphatic heterocycles. The summed E-state index contributed by atoms with van der Waals surface area (Å²) in [6.07, 6.45) is -4.77. The van der Waals surface area contributed by atoms with Gasteiger partial charge in [0, 0.05) is 10.9 Å². The van der Waals surface area contributed by atoms with Crippen molar-refractivity contribution in [3.05, 3.63) is 64.2 Å². The predicted molar refractivity (Wildman–Crippen MR) is 120 cm³/mol. The van der Waals surface area contributed by atoms with Crippen LogP contribution in [0.25, 0.3) is 10.8 Å². The zero-order chi connectivity index (χ0) is 24.6. The lowest BCUT2D eigenvalue weighted by Gasteiger charge is -2.18. The van der Waals surface area contributed by atoms with Gasteiger partial charge in [-0.25, -0.2) is 0 Å². The fraction of sp³-hybridized carbons (Fsp3) is 0.250. The second kappa shape index (κ2) is 9.06. The normalized spacial score (nSPS) is 13.3. The molecule has 178 valence electrons. The zero-order valence-corrected chi connectivity index (χ0v) is 18.7. The van der Waals surface area contributed by atoms with Gasteiger partial charge in [0.25, 0.3) is 5.91 Å². The molecule has 0 bridgehead atoms. The number of rotatable bonds is 7. The van der Waals surface area contributed by atoms with Crippen LogP contribution in [-0.2, 0) is 17.8 Å². The first-order chi connectivity index (χ1) is 16.1. The topological polar surface area (TPSA) is 76.1 Å². The number of anilines is 1. The van der Waals surface area contributed by atoms with E-state index in [2.05, 4.69) is 0 Å². The fourth-order valence-corrected chi connectivity index (χ4v) is 4.31. The molecule has 3 aromatic rings. The molecule has 0 saturated heterocycles. The van der Waals surface area contributed by atoms with E-state index < -0.39 is 24.7 Å². The van der Waals surface area contributed by atoms with Gasteiger partial charge in [-0.1, -0.05) is 29.8 Å². The Bertz CT molecular complexity index is 1290. The lowest BCUT2D eigenvalue weighted by molar-refractivity contribution is -0.153. The summed E-state index contributed by atoms with van der Waals surface area (Å²) in [6.45, 7) is 0.682. The van der Waals surface area contributed by atoms with Crippen LogP contribution in [0.2, 0.25) is 5.02 Å². The average molecular weight is 494 g/mol. The van der Waals surface area contributed by atoms with Crippen molar-refractivity contribution in [2.45, 2.75) is 26.1 Å². The number of ether oxygens (including phenoxy) is 2. The number of carboxylic acid groups (broad SMARTS) is 1. The van der Waals surface area contributed by atoms with Gasteiger partial charge in [-0.15, -0.1) is 0 Å². The van der Waals surface area contributed by atoms with Crippen molar-refractivity contribution in [1.29, 1.82) is 0 Å². The van der Waals surface area contributed by atoms with Crippen LogP contribution in [0, 0.1) is 0 Å². The highest BCUT2D eigenvalue weighted by atomic mass is 35.5. The first kappa shape index (κ1) is 23.7. The quantitative estimate of drug-likeness (QED) is 0.462. The van der Waals surface area contributed by atoms with E-state index >= 15 is 0 Å². The van der Waals surface area contributed by atoms with Gasteiger partial charge in [0.15, 0.2) is 6.61 Å². The van der Waals surface area contributed by atoms with Crippen molar-refractivity contribution < 1.29 is 37.3 Å². The Balaban J connectivity index is 1.82. The maximum Gasteiger partial charge on any atom is 0.422 e. The number of carboxylic acids is 1. The summed E-state index contributed by atoms with van der Waals surface area (Å²) in [5.74, 6) is -1.12. The van der Waals surface area contributed by atoms with Crippen LogP contribution in [-0.4, -0.2) is 36.4 Å². The summed E-state index contributed by atoms with van der Waals surface area (Å²) in [5, 5.41) is 9.93. The Labute approximate surface area is 197 Å². The highest BCUT2D eigenvalue weighted by molar-refractivity contribution is 6.34. The van der Waals surface area contributed by atoms with Gasteiger partial charge in [0.2, 0.25) is 0 Å². The van der Waals surface area contributed by atoms with Gasteiger partial charge >= 0.3 is 12.1 Å². The summed E-state index contributed by atoms with van der Waals surface area (Å²) in [7, 11) is 0. The van der Waals surface area contributed by atoms with Crippen LogP contribution in [0.15, 0.2) is 42.5 Å². The molecule has 0 unspecified atom stereocenters. The van der Waals surface area contributed by atoms with Crippen molar-refractivity contribution in [1.82, 2.24) is 0 Å². The Kier molecular flexibility index (Phi) is 6.31. The molecular weight excluding hydrogens is 475 g/mol. The Hall–Kier alpha value is -3.46. The molecule has 0 aliphatic carbocycles. The smallest absolute Gasteiger partial charge is 0.422 e. The van der Waals surface area contributed by atoms with E-state index in [0.29, 0.717) is 34.6 Å². The number of halogens is 4. The number of amides is 1. The number of nitrogens with zero attached hydrogens (tertiary/aromatic N) is 1. The molecule has 1 amide bonds. The lowest BCUT2D eigenvalue weighted by Crippen LogP contribution is -2.23. The van der Waals surface area contributed by atoms with Gasteiger partial charge < -0.3 is 19.5 Å². The highest BCUT2D eigenvalue weighted by Gasteiger charge is 2.36. The molecule has 6 nitrogen and oxygen atoms in total. The molecule has 3 aromatic carbocycles. The predicted octanol–water partition coefficient (Wildman–Crippen LogP) is 5.62. The fourth-order valence-electron chi connectivity index (χ4n) is 4.01. The standard InChI is InChI=1S/C24H19ClF3NO5/c1-2-33-19-10-14-4-3-5-18(34-12-24(26,27)28)21(14)22-15(19)11-29(23(22)32)17-7-6-13(8-16(17)25)9-20(30)31/h3-8,10H,2,9,11-12H2,1H3,(H,30,31). The van der Waals surface area contributed by atoms with Crippen LogP contribution in [0.3, 0.4) is 0 Å². The second-order valence-corrected chi connectivity index (χ2v) is 8.07. The maximum absolute atomic E-state index is 13.6. The summed E-state index contributed by atoms with van der Waals surface area (Å²) in [4.78, 5) is 26.0. The molecule has 0 spiro atoms. The number of carbonyl (C=O) groups is 2. The number of fused-ring (bicyclic) bond motifs is 3. The third kappa shape index (κ3) is 4.61. The molecule has 10 heteroatoms. The third-order valence-corrected chi connectivity index (χ3v) is 5.62. The van der Waals surface area contributed by atoms with Crippen molar-refractivity contribution >= 4 is 39.9 Å². The maximum atomic E-state index is 13.6. The molecule has 0 fully saturated rings. The van der Waals surface area contributed by atoms with E-state index in [1.807, 2.05) is 0 Å². The van der Waals surface area contributed by atoms with Gasteiger partial charge in [0.1, 0.15) is 11.5 Å². The molecule has 0 saturated carbocycles. The van der Waals surface area contributed by atoms with Crippen LogP contribution in [0.1, 0.15) is 28.4 Å². The van der Waals surface area contributed by atoms with E-state index in [4.69, 9.17) is 26.2 Å². The highest BCUT2D eigenvalue weighted by Crippen LogP contribution is 2.44. The monoisotopic (exact) mass is 493 g/mol. The zero-order valence-electron chi connectivity index (χ0n) is 17.9. The Morgan fingerprint density at radius 1 is 1.15 bits per heavy atom. The third-order valence-electron chi connectivity index (χ3n) is 5.32. The minimum atomic E-state index is -4.54. The lowest BCUT2D eigenvalue weighted by atomic mass is 9.98. The largest absolute Gasteiger partial charge is 0.493 e. The first-order valence-corrected chi connectivity index (χ1v) is 10.7. The SMILES string of the molecule is CCOc1cc2cccc(OCC(F)(F)F)c2c2c1CN(c1ccc(CC(=O)O)cc1Cl)C2=O. The molecular formula is C24H19ClF3NO5. The van der Waals surface area contributed by atoms with E-state index in [-0.39, 0.29) is 34.7 Å². The minimum absolute atomic E-state index is 0.0628. The van der Waals surface area contributed by atoms with Crippen LogP contribution < -0.4 is 14.4 Å². The molecule has 1 aliphatic rings. The Morgan fingerprint density at radius 2 is 1.91 bits per heavy atom. The van der Waals surface area contributed by atoms with Crippen molar-refractivity contribution in [3.63, 3.8) is 0 Å². The summed E-state index contributed by atoms with van der Waals surface area (Å²) in [5.41, 5.74) is 1.51. The minimum Gasteiger partial charge on any atom is -0.493 e. The van der Waals surface area contributed by atoms with Gasteiger partial charge in [-0.2, -0.15) is 13.2 Å². The van der Waals surface area contributed by atoms with Crippen LogP contribution in [0.4, 0.5) is 18.9 Å². The summed E-state index contributed by atoms with van der Waals surface area (Å²) >= 11 is 6.38. The number of hydrogen-bond acceptors (Lipinski definition) is 4. The number of hydrogen-bond donors (Lipinski definition) is 1. The van der Waals surface area contributed by atoms with Crippen molar-refractivity contribution in [2.24, 2.45) is 0 Å². The molecule has 34 heavy (non-hydrogen) atoms. The summed E-state index contributed by atoms with van der Waals surface area (Å²) < 4.78 is 49.3. The molecule has 1 heterocycles. The number of benzene rings is 3. The molecule has 0 aromatic heterocycles. The van der Waals surface area contributed by atoms with Gasteiger partial charge in [0.05, 0.1) is 35.8 Å². The molecule has 1 N–H and O–H groups in total. The average Bonchev–Trinajstić information content (AvgIpc) is 3.09. The van der Waals surface area contributed by atoms with Crippen molar-refractivity contribution in [3.8, 4) is 11.5 Å². The molecule has 4 rings (SSSR count). The molecule has 0 atom stereocenters. The van der Waals surface area contributed by atoms with E-state index in [9.17, 15) is 22.8 Å². The van der Waals surface area contributed by atoms with E-state index in [0.717, 1.165) is 0 Å². The number of aliphatic carboxylic acids is 1. The van der Waals surface area contributed by atoms with Crippen LogP contribution >= 0.6 is 11.6 Å². The first-order valence-electron chi connectivity index (χ1n) is 10.3. The summed E-state index contributed by atoms with van der Waals surface area (Å²) in [6, 6.07) is 10.9. The van der Waals surface area contributed by atoms with Crippen LogP contribution in [0.5, 0.6) is 11.5 Å².